The number of ether oxygens (including phenoxy) is 1. The fourth-order valence-corrected chi connectivity index (χ4v) is 1.76. The minimum absolute atomic E-state index is 0.454. The smallest absolute Gasteiger partial charge is 0.137 e. The standard InChI is InChI=1S/C15H18N2O/c1-12(13-6-4-3-5-7-13)10-16-15-9-8-14(18-2)11-17-15/h3-9,11-12H,10H2,1-2H3,(H,16,17). The number of aromatic nitrogens is 1. The van der Waals surface area contributed by atoms with Crippen molar-refractivity contribution < 1.29 is 4.74 Å². The molecule has 0 amide bonds. The quantitative estimate of drug-likeness (QED) is 0.873. The number of hydrogen-bond donors (Lipinski definition) is 1. The third-order valence-corrected chi connectivity index (χ3v) is 2.93. The second-order valence-corrected chi connectivity index (χ2v) is 4.28. The van der Waals surface area contributed by atoms with E-state index in [0.717, 1.165) is 18.1 Å². The molecule has 1 aromatic heterocycles. The van der Waals surface area contributed by atoms with Gasteiger partial charge in [-0.15, -0.1) is 0 Å². The summed E-state index contributed by atoms with van der Waals surface area (Å²) in [6.45, 7) is 3.06. The van der Waals surface area contributed by atoms with E-state index in [1.54, 1.807) is 13.3 Å². The number of hydrogen-bond acceptors (Lipinski definition) is 3. The van der Waals surface area contributed by atoms with Crippen LogP contribution < -0.4 is 10.1 Å². The number of anilines is 1. The Bertz CT molecular complexity index is 468. The van der Waals surface area contributed by atoms with Crippen LogP contribution >= 0.6 is 0 Å². The van der Waals surface area contributed by atoms with E-state index in [4.69, 9.17) is 4.74 Å². The molecule has 1 N–H and O–H groups in total. The summed E-state index contributed by atoms with van der Waals surface area (Å²) in [5.74, 6) is 2.10. The molecule has 18 heavy (non-hydrogen) atoms. The number of methoxy groups -OCH3 is 1. The molecule has 94 valence electrons. The maximum atomic E-state index is 5.07. The van der Waals surface area contributed by atoms with Crippen molar-refractivity contribution in [2.45, 2.75) is 12.8 Å². The molecule has 0 aliphatic rings. The molecule has 1 heterocycles. The van der Waals surface area contributed by atoms with Crippen LogP contribution in [0.1, 0.15) is 18.4 Å². The van der Waals surface area contributed by atoms with Crippen LogP contribution in [0.3, 0.4) is 0 Å². The summed E-state index contributed by atoms with van der Waals surface area (Å²) in [6, 6.07) is 14.3. The largest absolute Gasteiger partial charge is 0.495 e. The van der Waals surface area contributed by atoms with Crippen LogP contribution in [0.4, 0.5) is 5.82 Å². The number of nitrogens with one attached hydrogen (secondary N) is 1. The zero-order valence-corrected chi connectivity index (χ0v) is 10.8. The van der Waals surface area contributed by atoms with E-state index >= 15 is 0 Å². The molecule has 1 aromatic carbocycles. The molecule has 0 aliphatic heterocycles. The summed E-state index contributed by atoms with van der Waals surface area (Å²) in [4.78, 5) is 4.28. The van der Waals surface area contributed by atoms with E-state index in [2.05, 4.69) is 41.5 Å². The van der Waals surface area contributed by atoms with Crippen LogP contribution in [0.25, 0.3) is 0 Å². The molecule has 0 fully saturated rings. The molecule has 1 atom stereocenters. The molecule has 0 saturated heterocycles. The highest BCUT2D eigenvalue weighted by molar-refractivity contribution is 5.38. The monoisotopic (exact) mass is 242 g/mol. The second-order valence-electron chi connectivity index (χ2n) is 4.28. The molecule has 0 radical (unpaired) electrons. The Balaban J connectivity index is 1.91. The van der Waals surface area contributed by atoms with E-state index < -0.39 is 0 Å². The molecule has 0 saturated carbocycles. The van der Waals surface area contributed by atoms with Crippen LogP contribution in [0.2, 0.25) is 0 Å². The van der Waals surface area contributed by atoms with Crippen molar-refractivity contribution in [1.29, 1.82) is 0 Å². The van der Waals surface area contributed by atoms with Crippen molar-refractivity contribution in [1.82, 2.24) is 4.98 Å². The van der Waals surface area contributed by atoms with Crippen molar-refractivity contribution >= 4 is 5.82 Å². The van der Waals surface area contributed by atoms with E-state index in [9.17, 15) is 0 Å². The van der Waals surface area contributed by atoms with Crippen molar-refractivity contribution in [3.63, 3.8) is 0 Å². The SMILES string of the molecule is COc1ccc(NCC(C)c2ccccc2)nc1. The lowest BCUT2D eigenvalue weighted by Gasteiger charge is -2.13. The first-order valence-corrected chi connectivity index (χ1v) is 6.08. The Labute approximate surface area is 108 Å². The minimum atomic E-state index is 0.454. The predicted octanol–water partition coefficient (Wildman–Crippen LogP) is 3.31. The molecular formula is C15H18N2O. The summed E-state index contributed by atoms with van der Waals surface area (Å²) in [5.41, 5.74) is 1.33. The van der Waals surface area contributed by atoms with Crippen molar-refractivity contribution in [2.24, 2.45) is 0 Å². The van der Waals surface area contributed by atoms with Gasteiger partial charge >= 0.3 is 0 Å². The predicted molar refractivity (Wildman–Crippen MR) is 74.1 cm³/mol. The van der Waals surface area contributed by atoms with Gasteiger partial charge in [0, 0.05) is 6.54 Å². The highest BCUT2D eigenvalue weighted by Gasteiger charge is 2.04. The molecule has 2 rings (SSSR count). The minimum Gasteiger partial charge on any atom is -0.495 e. The first-order valence-electron chi connectivity index (χ1n) is 6.08. The molecular weight excluding hydrogens is 224 g/mol. The summed E-state index contributed by atoms with van der Waals surface area (Å²) >= 11 is 0. The third kappa shape index (κ3) is 3.23. The van der Waals surface area contributed by atoms with Gasteiger partial charge < -0.3 is 10.1 Å². The van der Waals surface area contributed by atoms with E-state index in [-0.39, 0.29) is 0 Å². The summed E-state index contributed by atoms with van der Waals surface area (Å²) < 4.78 is 5.07. The van der Waals surface area contributed by atoms with Crippen molar-refractivity contribution in [3.05, 3.63) is 54.2 Å². The number of rotatable bonds is 5. The van der Waals surface area contributed by atoms with Gasteiger partial charge in [0.2, 0.25) is 0 Å². The second kappa shape index (κ2) is 6.05. The van der Waals surface area contributed by atoms with Crippen molar-refractivity contribution in [3.8, 4) is 5.75 Å². The Morgan fingerprint density at radius 2 is 1.94 bits per heavy atom. The fraction of sp³-hybridized carbons (Fsp3) is 0.267. The van der Waals surface area contributed by atoms with Gasteiger partial charge in [-0.3, -0.25) is 0 Å². The lowest BCUT2D eigenvalue weighted by molar-refractivity contribution is 0.413. The van der Waals surface area contributed by atoms with Crippen LogP contribution in [0.15, 0.2) is 48.7 Å². The van der Waals surface area contributed by atoms with E-state index in [1.165, 1.54) is 5.56 Å². The summed E-state index contributed by atoms with van der Waals surface area (Å²) in [7, 11) is 1.64. The van der Waals surface area contributed by atoms with Crippen molar-refractivity contribution in [2.75, 3.05) is 19.0 Å². The first kappa shape index (κ1) is 12.4. The zero-order chi connectivity index (χ0) is 12.8. The third-order valence-electron chi connectivity index (χ3n) is 2.93. The van der Waals surface area contributed by atoms with Gasteiger partial charge in [-0.25, -0.2) is 4.98 Å². The molecule has 3 nitrogen and oxygen atoms in total. The number of nitrogens with zero attached hydrogens (tertiary/aromatic N) is 1. The molecule has 0 bridgehead atoms. The molecule has 3 heteroatoms. The van der Waals surface area contributed by atoms with Gasteiger partial charge in [-0.2, -0.15) is 0 Å². The summed E-state index contributed by atoms with van der Waals surface area (Å²) in [6.07, 6.45) is 1.72. The van der Waals surface area contributed by atoms with Crippen LogP contribution in [-0.2, 0) is 0 Å². The van der Waals surface area contributed by atoms with Gasteiger partial charge in [0.25, 0.3) is 0 Å². The van der Waals surface area contributed by atoms with E-state index in [1.807, 2.05) is 18.2 Å². The Morgan fingerprint density at radius 3 is 2.56 bits per heavy atom. The van der Waals surface area contributed by atoms with E-state index in [0.29, 0.717) is 5.92 Å². The number of benzene rings is 1. The highest BCUT2D eigenvalue weighted by atomic mass is 16.5. The molecule has 1 unspecified atom stereocenters. The normalized spacial score (nSPS) is 11.9. The van der Waals surface area contributed by atoms with Gasteiger partial charge in [0.15, 0.2) is 0 Å². The first-order chi connectivity index (χ1) is 8.79. The van der Waals surface area contributed by atoms with Crippen LogP contribution in [0.5, 0.6) is 5.75 Å². The lowest BCUT2D eigenvalue weighted by Crippen LogP contribution is -2.10. The summed E-state index contributed by atoms with van der Waals surface area (Å²) in [5, 5.41) is 3.33. The average molecular weight is 242 g/mol. The van der Waals surface area contributed by atoms with Gasteiger partial charge in [0.1, 0.15) is 11.6 Å². The zero-order valence-electron chi connectivity index (χ0n) is 10.8. The Morgan fingerprint density at radius 1 is 1.17 bits per heavy atom. The van der Waals surface area contributed by atoms with Gasteiger partial charge in [-0.1, -0.05) is 37.3 Å². The molecule has 0 aliphatic carbocycles. The number of pyridine rings is 1. The maximum absolute atomic E-state index is 5.07. The average Bonchev–Trinajstić information content (AvgIpc) is 2.46. The Kier molecular flexibility index (Phi) is 4.18. The van der Waals surface area contributed by atoms with Crippen LogP contribution in [0, 0.1) is 0 Å². The van der Waals surface area contributed by atoms with Gasteiger partial charge in [-0.05, 0) is 23.6 Å². The lowest BCUT2D eigenvalue weighted by atomic mass is 10.0. The van der Waals surface area contributed by atoms with Gasteiger partial charge in [0.05, 0.1) is 13.3 Å². The fourth-order valence-electron chi connectivity index (χ4n) is 1.76. The Hall–Kier alpha value is -2.03. The molecule has 0 spiro atoms. The highest BCUT2D eigenvalue weighted by Crippen LogP contribution is 2.16. The topological polar surface area (TPSA) is 34.1 Å². The molecule has 2 aromatic rings. The van der Waals surface area contributed by atoms with Crippen LogP contribution in [-0.4, -0.2) is 18.6 Å². The maximum Gasteiger partial charge on any atom is 0.137 e.